The maximum absolute atomic E-state index is 11.8. The van der Waals surface area contributed by atoms with Crippen LogP contribution in [-0.2, 0) is 16.0 Å². The van der Waals surface area contributed by atoms with Gasteiger partial charge in [-0.3, -0.25) is 4.79 Å². The number of benzene rings is 2. The Morgan fingerprint density at radius 1 is 1.14 bits per heavy atom. The molecule has 22 heavy (non-hydrogen) atoms. The molecule has 0 bridgehead atoms. The molecule has 0 spiro atoms. The van der Waals surface area contributed by atoms with E-state index in [4.69, 9.17) is 10.5 Å². The van der Waals surface area contributed by atoms with Gasteiger partial charge in [0.1, 0.15) is 0 Å². The molecule has 0 saturated heterocycles. The number of carbonyl (C=O) groups excluding carboxylic acids is 1. The third-order valence-corrected chi connectivity index (χ3v) is 5.01. The Hall–Kier alpha value is -1.81. The fourth-order valence-electron chi connectivity index (χ4n) is 2.60. The maximum atomic E-state index is 11.8. The van der Waals surface area contributed by atoms with E-state index in [2.05, 4.69) is 47.1 Å². The number of esters is 1. The fraction of sp³-hybridized carbons (Fsp3) is 0.278. The number of methoxy groups -OCH3 is 1. The van der Waals surface area contributed by atoms with Gasteiger partial charge < -0.3 is 10.5 Å². The number of ether oxygens (including phenoxy) is 1. The molecule has 2 aromatic rings. The van der Waals surface area contributed by atoms with Gasteiger partial charge in [0, 0.05) is 10.2 Å². The second-order valence-electron chi connectivity index (χ2n) is 5.45. The molecule has 2 rings (SSSR count). The fourth-order valence-corrected chi connectivity index (χ4v) is 3.10. The molecule has 0 radical (unpaired) electrons. The summed E-state index contributed by atoms with van der Waals surface area (Å²) < 4.78 is 5.72. The molecule has 0 aliphatic heterocycles. The molecule has 0 heterocycles. The SMILES string of the molecule is COC(=O)Cc1c(C)c(N)c(Br)c(C)c1-c1ccc(C)cc1. The van der Waals surface area contributed by atoms with E-state index < -0.39 is 0 Å². The maximum Gasteiger partial charge on any atom is 0.310 e. The number of nitrogen functional groups attached to an aromatic ring is 1. The second-order valence-corrected chi connectivity index (χ2v) is 6.24. The van der Waals surface area contributed by atoms with Crippen LogP contribution >= 0.6 is 15.9 Å². The van der Waals surface area contributed by atoms with Crippen molar-refractivity contribution < 1.29 is 9.53 Å². The van der Waals surface area contributed by atoms with Gasteiger partial charge in [0.15, 0.2) is 0 Å². The van der Waals surface area contributed by atoms with Crippen molar-refractivity contribution in [1.29, 1.82) is 0 Å². The molecule has 4 heteroatoms. The topological polar surface area (TPSA) is 52.3 Å². The van der Waals surface area contributed by atoms with Crippen molar-refractivity contribution in [2.75, 3.05) is 12.8 Å². The van der Waals surface area contributed by atoms with E-state index in [9.17, 15) is 4.79 Å². The van der Waals surface area contributed by atoms with Crippen molar-refractivity contribution in [3.63, 3.8) is 0 Å². The summed E-state index contributed by atoms with van der Waals surface area (Å²) in [7, 11) is 1.40. The zero-order valence-electron chi connectivity index (χ0n) is 13.3. The largest absolute Gasteiger partial charge is 0.469 e. The summed E-state index contributed by atoms with van der Waals surface area (Å²) in [5.74, 6) is -0.266. The van der Waals surface area contributed by atoms with E-state index in [1.54, 1.807) is 0 Å². The molecular weight excluding hydrogens is 342 g/mol. The van der Waals surface area contributed by atoms with Crippen LogP contribution < -0.4 is 5.73 Å². The van der Waals surface area contributed by atoms with E-state index in [1.165, 1.54) is 12.7 Å². The van der Waals surface area contributed by atoms with Gasteiger partial charge in [0.05, 0.1) is 13.5 Å². The summed E-state index contributed by atoms with van der Waals surface area (Å²) in [5.41, 5.74) is 13.0. The van der Waals surface area contributed by atoms with Crippen LogP contribution in [0.2, 0.25) is 0 Å². The van der Waals surface area contributed by atoms with Gasteiger partial charge in [0.25, 0.3) is 0 Å². The highest BCUT2D eigenvalue weighted by Crippen LogP contribution is 2.39. The smallest absolute Gasteiger partial charge is 0.310 e. The summed E-state index contributed by atoms with van der Waals surface area (Å²) in [6.07, 6.45) is 0.212. The average molecular weight is 362 g/mol. The molecule has 0 fully saturated rings. The van der Waals surface area contributed by atoms with Crippen molar-refractivity contribution >= 4 is 27.6 Å². The van der Waals surface area contributed by atoms with E-state index in [0.717, 1.165) is 32.3 Å². The van der Waals surface area contributed by atoms with Crippen LogP contribution in [0.25, 0.3) is 11.1 Å². The number of aryl methyl sites for hydroxylation is 1. The number of halogens is 1. The molecule has 0 unspecified atom stereocenters. The van der Waals surface area contributed by atoms with Crippen LogP contribution in [0.1, 0.15) is 22.3 Å². The molecule has 2 aromatic carbocycles. The number of hydrogen-bond acceptors (Lipinski definition) is 3. The third kappa shape index (κ3) is 3.02. The van der Waals surface area contributed by atoms with Gasteiger partial charge in [-0.05, 0) is 64.5 Å². The molecule has 2 N–H and O–H groups in total. The number of rotatable bonds is 3. The van der Waals surface area contributed by atoms with Gasteiger partial charge in [-0.1, -0.05) is 29.8 Å². The Kier molecular flexibility index (Phi) is 4.91. The van der Waals surface area contributed by atoms with Crippen molar-refractivity contribution in [3.8, 4) is 11.1 Å². The van der Waals surface area contributed by atoms with E-state index in [0.29, 0.717) is 5.69 Å². The molecule has 3 nitrogen and oxygen atoms in total. The molecule has 0 amide bonds. The first-order chi connectivity index (χ1) is 10.4. The molecule has 0 atom stereocenters. The van der Waals surface area contributed by atoms with Crippen LogP contribution in [0.3, 0.4) is 0 Å². The van der Waals surface area contributed by atoms with Gasteiger partial charge in [-0.2, -0.15) is 0 Å². The lowest BCUT2D eigenvalue weighted by Crippen LogP contribution is -2.10. The van der Waals surface area contributed by atoms with Crippen molar-refractivity contribution in [1.82, 2.24) is 0 Å². The van der Waals surface area contributed by atoms with Gasteiger partial charge >= 0.3 is 5.97 Å². The normalized spacial score (nSPS) is 10.6. The highest BCUT2D eigenvalue weighted by Gasteiger charge is 2.20. The first-order valence-electron chi connectivity index (χ1n) is 7.07. The second kappa shape index (κ2) is 6.53. The molecule has 0 aromatic heterocycles. The predicted molar refractivity (Wildman–Crippen MR) is 93.9 cm³/mol. The summed E-state index contributed by atoms with van der Waals surface area (Å²) in [5, 5.41) is 0. The minimum absolute atomic E-state index is 0.212. The van der Waals surface area contributed by atoms with E-state index >= 15 is 0 Å². The standard InChI is InChI=1S/C18H20BrNO2/c1-10-5-7-13(8-6-10)16-12(3)17(19)18(20)11(2)14(16)9-15(21)22-4/h5-8H,9,20H2,1-4H3. The number of anilines is 1. The number of nitrogens with two attached hydrogens (primary N) is 1. The molecule has 116 valence electrons. The van der Waals surface area contributed by atoms with Gasteiger partial charge in [-0.25, -0.2) is 0 Å². The zero-order valence-corrected chi connectivity index (χ0v) is 14.9. The Bertz CT molecular complexity index is 721. The lowest BCUT2D eigenvalue weighted by molar-refractivity contribution is -0.139. The minimum atomic E-state index is -0.266. The summed E-state index contributed by atoms with van der Waals surface area (Å²) in [4.78, 5) is 11.8. The summed E-state index contributed by atoms with van der Waals surface area (Å²) >= 11 is 3.57. The first kappa shape index (κ1) is 16.6. The summed E-state index contributed by atoms with van der Waals surface area (Å²) in [6, 6.07) is 8.27. The zero-order chi connectivity index (χ0) is 16.4. The average Bonchev–Trinajstić information content (AvgIpc) is 2.52. The van der Waals surface area contributed by atoms with Gasteiger partial charge in [0.2, 0.25) is 0 Å². The van der Waals surface area contributed by atoms with Crippen LogP contribution in [-0.4, -0.2) is 13.1 Å². The lowest BCUT2D eigenvalue weighted by atomic mass is 9.89. The Morgan fingerprint density at radius 2 is 1.73 bits per heavy atom. The predicted octanol–water partition coefficient (Wildman–Crippen LogP) is 4.34. The quantitative estimate of drug-likeness (QED) is 0.653. The first-order valence-corrected chi connectivity index (χ1v) is 7.87. The van der Waals surface area contributed by atoms with Crippen molar-refractivity contribution in [3.05, 3.63) is 51.0 Å². The van der Waals surface area contributed by atoms with Crippen molar-refractivity contribution in [2.45, 2.75) is 27.2 Å². The summed E-state index contributed by atoms with van der Waals surface area (Å²) in [6.45, 7) is 6.00. The van der Waals surface area contributed by atoms with Crippen LogP contribution in [0, 0.1) is 20.8 Å². The molecular formula is C18H20BrNO2. The molecule has 0 aliphatic carbocycles. The Morgan fingerprint density at radius 3 is 2.27 bits per heavy atom. The van der Waals surface area contributed by atoms with E-state index in [1.807, 2.05) is 13.8 Å². The number of carbonyl (C=O) groups is 1. The number of hydrogen-bond donors (Lipinski definition) is 1. The van der Waals surface area contributed by atoms with Gasteiger partial charge in [-0.15, -0.1) is 0 Å². The molecule has 0 saturated carbocycles. The highest BCUT2D eigenvalue weighted by molar-refractivity contribution is 9.10. The van der Waals surface area contributed by atoms with Crippen LogP contribution in [0.4, 0.5) is 5.69 Å². The van der Waals surface area contributed by atoms with Crippen molar-refractivity contribution in [2.24, 2.45) is 0 Å². The van der Waals surface area contributed by atoms with Crippen LogP contribution in [0.5, 0.6) is 0 Å². The Labute approximate surface area is 139 Å². The minimum Gasteiger partial charge on any atom is -0.469 e. The third-order valence-electron chi connectivity index (χ3n) is 3.99. The molecule has 0 aliphatic rings. The van der Waals surface area contributed by atoms with Crippen LogP contribution in [0.15, 0.2) is 28.7 Å². The monoisotopic (exact) mass is 361 g/mol. The lowest BCUT2D eigenvalue weighted by Gasteiger charge is -2.19. The highest BCUT2D eigenvalue weighted by atomic mass is 79.9. The Balaban J connectivity index is 2.74. The van der Waals surface area contributed by atoms with E-state index in [-0.39, 0.29) is 12.4 Å².